The van der Waals surface area contributed by atoms with E-state index in [4.69, 9.17) is 9.47 Å². The second-order valence-electron chi connectivity index (χ2n) is 8.36. The highest BCUT2D eigenvalue weighted by atomic mass is 32.1. The summed E-state index contributed by atoms with van der Waals surface area (Å²) in [5, 5.41) is 0. The Kier molecular flexibility index (Phi) is 11.9. The van der Waals surface area contributed by atoms with Gasteiger partial charge in [-0.25, -0.2) is 0 Å². The molecular formula is C28H38N2O2S. The third-order valence-corrected chi connectivity index (χ3v) is 6.11. The predicted octanol–water partition coefficient (Wildman–Crippen LogP) is 5.27. The van der Waals surface area contributed by atoms with Gasteiger partial charge in [-0.2, -0.15) is 0 Å². The summed E-state index contributed by atoms with van der Waals surface area (Å²) >= 11 is 1.61. The molecule has 0 radical (unpaired) electrons. The van der Waals surface area contributed by atoms with E-state index in [9.17, 15) is 0 Å². The van der Waals surface area contributed by atoms with Crippen molar-refractivity contribution >= 4 is 11.3 Å². The summed E-state index contributed by atoms with van der Waals surface area (Å²) < 4.78 is 12.3. The molecule has 33 heavy (non-hydrogen) atoms. The summed E-state index contributed by atoms with van der Waals surface area (Å²) in [6, 6.07) is 8.13. The summed E-state index contributed by atoms with van der Waals surface area (Å²) in [7, 11) is 6.32. The lowest BCUT2D eigenvalue weighted by Gasteiger charge is -2.16. The first-order valence-electron chi connectivity index (χ1n) is 11.7. The molecule has 4 nitrogen and oxygen atoms in total. The van der Waals surface area contributed by atoms with Crippen molar-refractivity contribution in [3.8, 4) is 35.2 Å². The molecule has 1 heterocycles. The van der Waals surface area contributed by atoms with Crippen molar-refractivity contribution in [1.29, 1.82) is 0 Å². The third kappa shape index (κ3) is 9.93. The fourth-order valence-corrected chi connectivity index (χ4v) is 3.91. The maximum absolute atomic E-state index is 6.16. The summed E-state index contributed by atoms with van der Waals surface area (Å²) in [6.07, 6.45) is 3.12. The van der Waals surface area contributed by atoms with Crippen LogP contribution in [-0.2, 0) is 0 Å². The molecule has 1 aromatic carbocycles. The molecule has 0 aliphatic rings. The average Bonchev–Trinajstić information content (AvgIpc) is 3.24. The highest BCUT2D eigenvalue weighted by Crippen LogP contribution is 2.29. The zero-order valence-electron chi connectivity index (χ0n) is 21.1. The molecule has 0 saturated heterocycles. The van der Waals surface area contributed by atoms with Crippen LogP contribution in [0.1, 0.15) is 54.0 Å². The van der Waals surface area contributed by atoms with E-state index in [-0.39, 0.29) is 0 Å². The molecule has 0 amide bonds. The second-order valence-corrected chi connectivity index (χ2v) is 9.44. The quantitative estimate of drug-likeness (QED) is 0.314. The maximum atomic E-state index is 6.16. The van der Waals surface area contributed by atoms with E-state index in [0.717, 1.165) is 71.3 Å². The molecule has 0 fully saturated rings. The van der Waals surface area contributed by atoms with Gasteiger partial charge in [0.15, 0.2) is 0 Å². The molecule has 1 aromatic heterocycles. The predicted molar refractivity (Wildman–Crippen MR) is 141 cm³/mol. The van der Waals surface area contributed by atoms with E-state index in [0.29, 0.717) is 13.2 Å². The van der Waals surface area contributed by atoms with Crippen LogP contribution in [-0.4, -0.2) is 63.8 Å². The third-order valence-electron chi connectivity index (χ3n) is 5.19. The lowest BCUT2D eigenvalue weighted by atomic mass is 10.1. The van der Waals surface area contributed by atoms with Gasteiger partial charge in [-0.1, -0.05) is 24.7 Å². The molecule has 0 unspecified atom stereocenters. The average molecular weight is 467 g/mol. The second kappa shape index (κ2) is 14.7. The smallest absolute Gasteiger partial charge is 0.135 e. The van der Waals surface area contributed by atoms with Gasteiger partial charge >= 0.3 is 0 Å². The Hall–Kier alpha value is -2.44. The highest BCUT2D eigenvalue weighted by molar-refractivity contribution is 7.13. The molecule has 2 aromatic rings. The number of thiophene rings is 1. The van der Waals surface area contributed by atoms with Crippen molar-refractivity contribution in [2.24, 2.45) is 0 Å². The number of nitrogens with zero attached hydrogens (tertiary/aromatic N) is 2. The van der Waals surface area contributed by atoms with Crippen molar-refractivity contribution in [1.82, 2.24) is 9.80 Å². The Morgan fingerprint density at radius 1 is 0.848 bits per heavy atom. The number of aryl methyl sites for hydroxylation is 1. The van der Waals surface area contributed by atoms with Crippen LogP contribution in [0.25, 0.3) is 0 Å². The molecule has 2 rings (SSSR count). The van der Waals surface area contributed by atoms with Crippen LogP contribution >= 0.6 is 11.3 Å². The van der Waals surface area contributed by atoms with Gasteiger partial charge in [0, 0.05) is 6.54 Å². The first kappa shape index (κ1) is 26.8. The van der Waals surface area contributed by atoms with E-state index in [1.807, 2.05) is 25.1 Å². The molecule has 0 atom stereocenters. The van der Waals surface area contributed by atoms with Crippen molar-refractivity contribution in [2.75, 3.05) is 54.0 Å². The topological polar surface area (TPSA) is 24.9 Å². The SMILES string of the molecule is CC#Cc1ccc(C#Cc2cc(OCCCCN(C)C)c(C)cc2OCCCN(C)CC)s1. The van der Waals surface area contributed by atoms with Crippen LogP contribution < -0.4 is 9.47 Å². The normalized spacial score (nSPS) is 10.5. The first-order valence-corrected chi connectivity index (χ1v) is 12.5. The zero-order valence-corrected chi connectivity index (χ0v) is 21.9. The standard InChI is InChI=1S/C28H38N2O2S/c1-7-12-25-15-16-26(33-25)14-13-24-22-27(31-19-10-9-17-29(4)5)23(3)21-28(24)32-20-11-18-30(6)8-2/h15-16,21-22H,8-11,17-20H2,1-6H3. The van der Waals surface area contributed by atoms with Gasteiger partial charge in [-0.15, -0.1) is 17.3 Å². The fourth-order valence-electron chi connectivity index (χ4n) is 3.15. The van der Waals surface area contributed by atoms with Crippen LogP contribution in [0.3, 0.4) is 0 Å². The molecule has 0 aliphatic carbocycles. The van der Waals surface area contributed by atoms with Crippen molar-refractivity contribution in [3.63, 3.8) is 0 Å². The summed E-state index contributed by atoms with van der Waals surface area (Å²) in [5.41, 5.74) is 1.94. The number of benzene rings is 1. The van der Waals surface area contributed by atoms with Crippen LogP contribution in [0.15, 0.2) is 24.3 Å². The molecule has 0 bridgehead atoms. The van der Waals surface area contributed by atoms with E-state index in [1.165, 1.54) is 0 Å². The van der Waals surface area contributed by atoms with E-state index in [1.54, 1.807) is 11.3 Å². The lowest BCUT2D eigenvalue weighted by Crippen LogP contribution is -2.20. The van der Waals surface area contributed by atoms with Gasteiger partial charge in [0.05, 0.1) is 28.5 Å². The van der Waals surface area contributed by atoms with E-state index < -0.39 is 0 Å². The monoisotopic (exact) mass is 466 g/mol. The maximum Gasteiger partial charge on any atom is 0.135 e. The highest BCUT2D eigenvalue weighted by Gasteiger charge is 2.09. The van der Waals surface area contributed by atoms with Gasteiger partial charge in [0.1, 0.15) is 11.5 Å². The number of hydrogen-bond donors (Lipinski definition) is 0. The zero-order chi connectivity index (χ0) is 24.1. The molecular weight excluding hydrogens is 428 g/mol. The minimum absolute atomic E-state index is 0.665. The van der Waals surface area contributed by atoms with Gasteiger partial charge < -0.3 is 19.3 Å². The molecule has 0 spiro atoms. The fraction of sp³-hybridized carbons (Fsp3) is 0.500. The Morgan fingerprint density at radius 2 is 1.55 bits per heavy atom. The van der Waals surface area contributed by atoms with Gasteiger partial charge in [-0.05, 0) is 97.2 Å². The first-order chi connectivity index (χ1) is 15.9. The molecule has 0 N–H and O–H groups in total. The number of hydrogen-bond acceptors (Lipinski definition) is 5. The molecule has 0 saturated carbocycles. The largest absolute Gasteiger partial charge is 0.493 e. The minimum atomic E-state index is 0.665. The van der Waals surface area contributed by atoms with Crippen LogP contribution in [0.5, 0.6) is 11.5 Å². The van der Waals surface area contributed by atoms with Gasteiger partial charge in [-0.3, -0.25) is 0 Å². The summed E-state index contributed by atoms with van der Waals surface area (Å²) in [6.45, 7) is 10.6. The Morgan fingerprint density at radius 3 is 2.24 bits per heavy atom. The van der Waals surface area contributed by atoms with Crippen molar-refractivity contribution in [2.45, 2.75) is 40.0 Å². The van der Waals surface area contributed by atoms with Crippen molar-refractivity contribution in [3.05, 3.63) is 45.1 Å². The molecule has 178 valence electrons. The van der Waals surface area contributed by atoms with Gasteiger partial charge in [0.25, 0.3) is 0 Å². The summed E-state index contributed by atoms with van der Waals surface area (Å²) in [4.78, 5) is 6.51. The molecule has 0 aliphatic heterocycles. The Balaban J connectivity index is 2.15. The minimum Gasteiger partial charge on any atom is -0.493 e. The summed E-state index contributed by atoms with van der Waals surface area (Å²) in [5.74, 6) is 14.3. The van der Waals surface area contributed by atoms with E-state index >= 15 is 0 Å². The molecule has 5 heteroatoms. The number of unbranched alkanes of at least 4 members (excludes halogenated alkanes) is 1. The number of ether oxygens (including phenoxy) is 2. The lowest BCUT2D eigenvalue weighted by molar-refractivity contribution is 0.266. The van der Waals surface area contributed by atoms with Gasteiger partial charge in [0.2, 0.25) is 0 Å². The van der Waals surface area contributed by atoms with Crippen LogP contribution in [0.4, 0.5) is 0 Å². The van der Waals surface area contributed by atoms with Crippen LogP contribution in [0, 0.1) is 30.6 Å². The van der Waals surface area contributed by atoms with E-state index in [2.05, 4.69) is 74.5 Å². The number of rotatable bonds is 12. The van der Waals surface area contributed by atoms with Crippen LogP contribution in [0.2, 0.25) is 0 Å². The van der Waals surface area contributed by atoms with Crippen molar-refractivity contribution < 1.29 is 9.47 Å². The Labute approximate surface area is 204 Å². The Bertz CT molecular complexity index is 989.